The van der Waals surface area contributed by atoms with Gasteiger partial charge < -0.3 is 9.52 Å². The van der Waals surface area contributed by atoms with Crippen molar-refractivity contribution >= 4 is 23.1 Å². The molecule has 0 saturated heterocycles. The Morgan fingerprint density at radius 2 is 2.47 bits per heavy atom. The maximum atomic E-state index is 8.92. The van der Waals surface area contributed by atoms with E-state index in [0.717, 1.165) is 27.8 Å². The van der Waals surface area contributed by atoms with Gasteiger partial charge in [-0.05, 0) is 17.7 Å². The van der Waals surface area contributed by atoms with Gasteiger partial charge in [-0.2, -0.15) is 11.8 Å². The first-order chi connectivity index (χ1) is 8.29. The highest BCUT2D eigenvalue weighted by atomic mass is 32.2. The number of furan rings is 1. The van der Waals surface area contributed by atoms with Gasteiger partial charge in [-0.1, -0.05) is 6.92 Å². The van der Waals surface area contributed by atoms with E-state index in [4.69, 9.17) is 9.52 Å². The summed E-state index contributed by atoms with van der Waals surface area (Å²) in [5.41, 5.74) is 2.14. The molecular formula is C12H15NO2S2. The van der Waals surface area contributed by atoms with Crippen LogP contribution in [0, 0.1) is 5.92 Å². The third-order valence-electron chi connectivity index (χ3n) is 2.28. The van der Waals surface area contributed by atoms with Gasteiger partial charge in [0.2, 0.25) is 0 Å². The summed E-state index contributed by atoms with van der Waals surface area (Å²) in [6.45, 7) is 2.30. The molecule has 0 saturated carbocycles. The zero-order chi connectivity index (χ0) is 12.1. The summed E-state index contributed by atoms with van der Waals surface area (Å²) in [5.74, 6) is 2.22. The molecule has 0 bridgehead atoms. The second-order valence-corrected chi connectivity index (χ2v) is 5.85. The Hall–Kier alpha value is -0.780. The third kappa shape index (κ3) is 3.59. The van der Waals surface area contributed by atoms with Gasteiger partial charge in [0.15, 0.2) is 0 Å². The van der Waals surface area contributed by atoms with E-state index in [0.29, 0.717) is 5.92 Å². The van der Waals surface area contributed by atoms with E-state index in [1.807, 2.05) is 24.8 Å². The van der Waals surface area contributed by atoms with Gasteiger partial charge in [-0.25, -0.2) is 4.98 Å². The number of aromatic nitrogens is 1. The van der Waals surface area contributed by atoms with Gasteiger partial charge in [-0.15, -0.1) is 11.3 Å². The molecule has 1 N–H and O–H groups in total. The van der Waals surface area contributed by atoms with E-state index in [1.165, 1.54) is 0 Å². The zero-order valence-corrected chi connectivity index (χ0v) is 11.3. The molecule has 0 radical (unpaired) electrons. The van der Waals surface area contributed by atoms with E-state index in [9.17, 15) is 0 Å². The second-order valence-electron chi connectivity index (χ2n) is 3.96. The van der Waals surface area contributed by atoms with Crippen LogP contribution in [-0.2, 0) is 5.75 Å². The van der Waals surface area contributed by atoms with Gasteiger partial charge in [0.25, 0.3) is 0 Å². The van der Waals surface area contributed by atoms with Crippen LogP contribution in [0.15, 0.2) is 28.4 Å². The van der Waals surface area contributed by atoms with Crippen LogP contribution in [0.3, 0.4) is 0 Å². The lowest BCUT2D eigenvalue weighted by atomic mass is 10.2. The Morgan fingerprint density at radius 1 is 1.59 bits per heavy atom. The molecule has 0 aliphatic heterocycles. The Kier molecular flexibility index (Phi) is 4.65. The normalized spacial score (nSPS) is 12.8. The second kappa shape index (κ2) is 6.23. The van der Waals surface area contributed by atoms with Crippen LogP contribution in [0.25, 0.3) is 10.6 Å². The summed E-state index contributed by atoms with van der Waals surface area (Å²) in [7, 11) is 0. The van der Waals surface area contributed by atoms with Gasteiger partial charge >= 0.3 is 0 Å². The van der Waals surface area contributed by atoms with Crippen LogP contribution in [0.4, 0.5) is 0 Å². The molecule has 0 fully saturated rings. The lowest BCUT2D eigenvalue weighted by Gasteiger charge is -2.05. The number of aliphatic hydroxyl groups is 1. The first-order valence-corrected chi connectivity index (χ1v) is 7.48. The summed E-state index contributed by atoms with van der Waals surface area (Å²) >= 11 is 3.45. The van der Waals surface area contributed by atoms with Gasteiger partial charge in [-0.3, -0.25) is 0 Å². The van der Waals surface area contributed by atoms with E-state index in [1.54, 1.807) is 23.9 Å². The van der Waals surface area contributed by atoms with Crippen LogP contribution >= 0.6 is 23.1 Å². The minimum absolute atomic E-state index is 0.254. The summed E-state index contributed by atoms with van der Waals surface area (Å²) in [4.78, 5) is 4.55. The molecule has 17 heavy (non-hydrogen) atoms. The quantitative estimate of drug-likeness (QED) is 0.874. The maximum Gasteiger partial charge on any atom is 0.126 e. The molecule has 2 aromatic heterocycles. The first-order valence-electron chi connectivity index (χ1n) is 5.45. The Morgan fingerprint density at radius 3 is 3.18 bits per heavy atom. The van der Waals surface area contributed by atoms with Crippen molar-refractivity contribution in [1.29, 1.82) is 0 Å². The predicted molar refractivity (Wildman–Crippen MR) is 72.2 cm³/mol. The van der Waals surface area contributed by atoms with Crippen LogP contribution in [-0.4, -0.2) is 22.5 Å². The van der Waals surface area contributed by atoms with Crippen molar-refractivity contribution in [3.05, 3.63) is 29.7 Å². The Labute approximate surface area is 109 Å². The van der Waals surface area contributed by atoms with E-state index in [-0.39, 0.29) is 6.61 Å². The molecular weight excluding hydrogens is 254 g/mol. The fourth-order valence-electron chi connectivity index (χ4n) is 1.31. The molecule has 2 heterocycles. The lowest BCUT2D eigenvalue weighted by Crippen LogP contribution is -2.03. The highest BCUT2D eigenvalue weighted by Crippen LogP contribution is 2.26. The largest absolute Gasteiger partial charge is 0.472 e. The highest BCUT2D eigenvalue weighted by molar-refractivity contribution is 7.98. The van der Waals surface area contributed by atoms with E-state index >= 15 is 0 Å². The van der Waals surface area contributed by atoms with E-state index < -0.39 is 0 Å². The van der Waals surface area contributed by atoms with Crippen LogP contribution in [0.1, 0.15) is 12.6 Å². The number of nitrogens with zero attached hydrogens (tertiary/aromatic N) is 1. The highest BCUT2D eigenvalue weighted by Gasteiger charge is 2.06. The van der Waals surface area contributed by atoms with Crippen molar-refractivity contribution < 1.29 is 9.52 Å². The fraction of sp³-hybridized carbons (Fsp3) is 0.417. The van der Waals surface area contributed by atoms with Crippen LogP contribution in [0.5, 0.6) is 0 Å². The van der Waals surface area contributed by atoms with E-state index in [2.05, 4.69) is 10.4 Å². The number of aliphatic hydroxyl groups excluding tert-OH is 1. The average Bonchev–Trinajstić information content (AvgIpc) is 2.98. The van der Waals surface area contributed by atoms with Gasteiger partial charge in [0.1, 0.15) is 11.3 Å². The number of thioether (sulfide) groups is 1. The molecule has 0 aromatic carbocycles. The molecule has 1 unspecified atom stereocenters. The van der Waals surface area contributed by atoms with Crippen molar-refractivity contribution in [2.75, 3.05) is 12.4 Å². The average molecular weight is 269 g/mol. The fourth-order valence-corrected chi connectivity index (χ4v) is 3.20. The minimum atomic E-state index is 0.254. The Balaban J connectivity index is 1.87. The molecule has 92 valence electrons. The Bertz CT molecular complexity index is 439. The van der Waals surface area contributed by atoms with Crippen LogP contribution < -0.4 is 0 Å². The van der Waals surface area contributed by atoms with Crippen molar-refractivity contribution in [2.45, 2.75) is 12.7 Å². The summed E-state index contributed by atoms with van der Waals surface area (Å²) in [5, 5.41) is 12.0. The molecule has 0 amide bonds. The third-order valence-corrected chi connectivity index (χ3v) is 4.53. The monoisotopic (exact) mass is 269 g/mol. The molecule has 3 nitrogen and oxygen atoms in total. The summed E-state index contributed by atoms with van der Waals surface area (Å²) in [6.07, 6.45) is 3.37. The molecule has 0 aliphatic carbocycles. The van der Waals surface area contributed by atoms with Crippen molar-refractivity contribution in [3.8, 4) is 10.6 Å². The SMILES string of the molecule is CC(CO)CSCc1csc(-c2ccoc2)n1. The smallest absolute Gasteiger partial charge is 0.126 e. The number of hydrogen-bond acceptors (Lipinski definition) is 5. The molecule has 0 spiro atoms. The van der Waals surface area contributed by atoms with Gasteiger partial charge in [0, 0.05) is 23.3 Å². The summed E-state index contributed by atoms with van der Waals surface area (Å²) < 4.78 is 5.04. The molecule has 2 aromatic rings. The first kappa shape index (κ1) is 12.7. The number of rotatable bonds is 6. The number of thiazole rings is 1. The standard InChI is InChI=1S/C12H15NO2S2/c1-9(4-14)6-16-7-11-8-17-12(13-11)10-2-3-15-5-10/h2-3,5,8-9,14H,4,6-7H2,1H3. The lowest BCUT2D eigenvalue weighted by molar-refractivity contribution is 0.250. The maximum absolute atomic E-state index is 8.92. The predicted octanol–water partition coefficient (Wildman–Crippen LogP) is 3.26. The molecule has 2 rings (SSSR count). The minimum Gasteiger partial charge on any atom is -0.472 e. The molecule has 5 heteroatoms. The number of hydrogen-bond donors (Lipinski definition) is 1. The topological polar surface area (TPSA) is 46.3 Å². The zero-order valence-electron chi connectivity index (χ0n) is 9.63. The van der Waals surface area contributed by atoms with Crippen molar-refractivity contribution in [2.24, 2.45) is 5.92 Å². The van der Waals surface area contributed by atoms with Crippen LogP contribution in [0.2, 0.25) is 0 Å². The van der Waals surface area contributed by atoms with Gasteiger partial charge in [0.05, 0.1) is 12.0 Å². The van der Waals surface area contributed by atoms with Crippen molar-refractivity contribution in [3.63, 3.8) is 0 Å². The van der Waals surface area contributed by atoms with Crippen molar-refractivity contribution in [1.82, 2.24) is 4.98 Å². The summed E-state index contributed by atoms with van der Waals surface area (Å²) in [6, 6.07) is 1.92. The molecule has 1 atom stereocenters. The molecule has 0 aliphatic rings.